The van der Waals surface area contributed by atoms with Gasteiger partial charge in [-0.3, -0.25) is 9.52 Å². The van der Waals surface area contributed by atoms with E-state index in [1.165, 1.54) is 48.5 Å². The highest BCUT2D eigenvalue weighted by Gasteiger charge is 2.15. The van der Waals surface area contributed by atoms with Crippen molar-refractivity contribution in [3.63, 3.8) is 0 Å². The average Bonchev–Trinajstić information content (AvgIpc) is 3.18. The van der Waals surface area contributed by atoms with E-state index in [2.05, 4.69) is 15.1 Å². The predicted molar refractivity (Wildman–Crippen MR) is 133 cm³/mol. The maximum Gasteiger partial charge on any atom is 0.261 e. The maximum absolute atomic E-state index is 13.0. The molecule has 3 aromatic carbocycles. The standard InChI is InChI=1S/C26H25FN4O3S/c1-18-17-19(2)31(29-18)24-11-3-20(4-12-24)15-16-28-26(32)21-5-13-25(14-6-21)35(33,34)30-23-9-7-22(27)8-10-23/h3-14,17,30H,15-16H2,1-2H3,(H,28,32). The summed E-state index contributed by atoms with van der Waals surface area (Å²) in [6.07, 6.45) is 0.650. The van der Waals surface area contributed by atoms with Crippen molar-refractivity contribution in [3.05, 3.63) is 107 Å². The Morgan fingerprint density at radius 1 is 0.943 bits per heavy atom. The quantitative estimate of drug-likeness (QED) is 0.381. The summed E-state index contributed by atoms with van der Waals surface area (Å²) in [5.41, 5.74) is 4.68. The summed E-state index contributed by atoms with van der Waals surface area (Å²) in [5, 5.41) is 7.33. The van der Waals surface area contributed by atoms with E-state index in [0.717, 1.165) is 22.6 Å². The third kappa shape index (κ3) is 5.93. The van der Waals surface area contributed by atoms with E-state index < -0.39 is 15.8 Å². The van der Waals surface area contributed by atoms with Crippen molar-refractivity contribution in [2.45, 2.75) is 25.2 Å². The van der Waals surface area contributed by atoms with E-state index in [4.69, 9.17) is 0 Å². The highest BCUT2D eigenvalue weighted by atomic mass is 32.2. The second-order valence-corrected chi connectivity index (χ2v) is 9.83. The molecule has 1 heterocycles. The lowest BCUT2D eigenvalue weighted by Crippen LogP contribution is -2.25. The minimum absolute atomic E-state index is 0.000997. The van der Waals surface area contributed by atoms with Gasteiger partial charge in [-0.1, -0.05) is 12.1 Å². The van der Waals surface area contributed by atoms with Gasteiger partial charge in [-0.15, -0.1) is 0 Å². The molecular weight excluding hydrogens is 467 g/mol. The van der Waals surface area contributed by atoms with E-state index in [1.54, 1.807) is 0 Å². The first kappa shape index (κ1) is 24.2. The van der Waals surface area contributed by atoms with Crippen molar-refractivity contribution in [3.8, 4) is 5.69 Å². The van der Waals surface area contributed by atoms with Crippen LogP contribution in [0.1, 0.15) is 27.3 Å². The lowest BCUT2D eigenvalue weighted by molar-refractivity contribution is 0.0954. The summed E-state index contributed by atoms with van der Waals surface area (Å²) in [7, 11) is -3.86. The number of aromatic nitrogens is 2. The number of benzene rings is 3. The Morgan fingerprint density at radius 3 is 2.20 bits per heavy atom. The Hall–Kier alpha value is -3.98. The van der Waals surface area contributed by atoms with E-state index >= 15 is 0 Å². The second kappa shape index (κ2) is 10.1. The van der Waals surface area contributed by atoms with Crippen molar-refractivity contribution in [2.24, 2.45) is 0 Å². The van der Waals surface area contributed by atoms with Crippen LogP contribution >= 0.6 is 0 Å². The largest absolute Gasteiger partial charge is 0.352 e. The fourth-order valence-electron chi connectivity index (χ4n) is 3.63. The topological polar surface area (TPSA) is 93.1 Å². The van der Waals surface area contributed by atoms with E-state index in [-0.39, 0.29) is 16.5 Å². The molecule has 0 atom stereocenters. The molecule has 7 nitrogen and oxygen atoms in total. The lowest BCUT2D eigenvalue weighted by atomic mass is 10.1. The number of anilines is 1. The Kier molecular flexibility index (Phi) is 6.97. The lowest BCUT2D eigenvalue weighted by Gasteiger charge is -2.10. The number of carbonyl (C=O) groups excluding carboxylic acids is 1. The molecule has 0 fully saturated rings. The van der Waals surface area contributed by atoms with Gasteiger partial charge in [0.1, 0.15) is 5.82 Å². The zero-order valence-corrected chi connectivity index (χ0v) is 20.1. The van der Waals surface area contributed by atoms with Crippen LogP contribution in [0.3, 0.4) is 0 Å². The molecule has 0 aliphatic heterocycles. The smallest absolute Gasteiger partial charge is 0.261 e. The summed E-state index contributed by atoms with van der Waals surface area (Å²) in [6.45, 7) is 4.40. The molecular formula is C26H25FN4O3S. The Morgan fingerprint density at radius 2 is 1.60 bits per heavy atom. The normalized spacial score (nSPS) is 11.3. The molecule has 0 bridgehead atoms. The highest BCUT2D eigenvalue weighted by molar-refractivity contribution is 7.92. The molecule has 1 aromatic heterocycles. The van der Waals surface area contributed by atoms with E-state index in [1.807, 2.05) is 48.9 Å². The molecule has 180 valence electrons. The number of nitrogens with one attached hydrogen (secondary N) is 2. The van der Waals surface area contributed by atoms with Crippen molar-refractivity contribution in [2.75, 3.05) is 11.3 Å². The van der Waals surface area contributed by atoms with Gasteiger partial charge in [-0.25, -0.2) is 17.5 Å². The molecule has 4 aromatic rings. The van der Waals surface area contributed by atoms with E-state index in [0.29, 0.717) is 18.5 Å². The zero-order valence-electron chi connectivity index (χ0n) is 19.3. The van der Waals surface area contributed by atoms with Gasteiger partial charge in [0.15, 0.2) is 0 Å². The van der Waals surface area contributed by atoms with Crippen LogP contribution < -0.4 is 10.0 Å². The fourth-order valence-corrected chi connectivity index (χ4v) is 4.69. The van der Waals surface area contributed by atoms with Crippen LogP contribution in [-0.4, -0.2) is 30.7 Å². The number of halogens is 1. The van der Waals surface area contributed by atoms with Crippen LogP contribution in [0.5, 0.6) is 0 Å². The molecule has 0 saturated heterocycles. The number of hydrogen-bond acceptors (Lipinski definition) is 4. The highest BCUT2D eigenvalue weighted by Crippen LogP contribution is 2.17. The molecule has 1 amide bonds. The van der Waals surface area contributed by atoms with Crippen molar-refractivity contribution in [1.29, 1.82) is 0 Å². The molecule has 0 spiro atoms. The average molecular weight is 493 g/mol. The number of amides is 1. The van der Waals surface area contributed by atoms with E-state index in [9.17, 15) is 17.6 Å². The maximum atomic E-state index is 13.0. The van der Waals surface area contributed by atoms with Gasteiger partial charge >= 0.3 is 0 Å². The van der Waals surface area contributed by atoms with Gasteiger partial charge in [-0.05, 0) is 92.6 Å². The van der Waals surface area contributed by atoms with Crippen LogP contribution in [-0.2, 0) is 16.4 Å². The number of nitrogens with zero attached hydrogens (tertiary/aromatic N) is 2. The van der Waals surface area contributed by atoms with Gasteiger partial charge in [-0.2, -0.15) is 5.10 Å². The number of carbonyl (C=O) groups is 1. The molecule has 9 heteroatoms. The zero-order chi connectivity index (χ0) is 25.0. The van der Waals surface area contributed by atoms with Gasteiger partial charge in [0.05, 0.1) is 16.3 Å². The van der Waals surface area contributed by atoms with Crippen molar-refractivity contribution in [1.82, 2.24) is 15.1 Å². The first-order chi connectivity index (χ1) is 16.7. The Labute approximate surface area is 203 Å². The molecule has 0 aliphatic carbocycles. The molecule has 0 unspecified atom stereocenters. The Bertz CT molecular complexity index is 1430. The van der Waals surface area contributed by atoms with Gasteiger partial charge < -0.3 is 5.32 Å². The number of hydrogen-bond donors (Lipinski definition) is 2. The van der Waals surface area contributed by atoms with Crippen LogP contribution in [0, 0.1) is 19.7 Å². The molecule has 0 aliphatic rings. The summed E-state index contributed by atoms with van der Waals surface area (Å²) in [5.74, 6) is -0.751. The van der Waals surface area contributed by atoms with Gasteiger partial charge in [0.25, 0.3) is 15.9 Å². The summed E-state index contributed by atoms with van der Waals surface area (Å²) in [6, 6.07) is 20.7. The van der Waals surface area contributed by atoms with Crippen molar-refractivity contribution >= 4 is 21.6 Å². The number of sulfonamides is 1. The van der Waals surface area contributed by atoms with Crippen LogP contribution in [0.2, 0.25) is 0 Å². The third-order valence-corrected chi connectivity index (χ3v) is 6.81. The first-order valence-electron chi connectivity index (χ1n) is 11.0. The molecule has 35 heavy (non-hydrogen) atoms. The molecule has 0 saturated carbocycles. The van der Waals surface area contributed by atoms with Crippen LogP contribution in [0.4, 0.5) is 10.1 Å². The molecule has 4 rings (SSSR count). The van der Waals surface area contributed by atoms with Crippen molar-refractivity contribution < 1.29 is 17.6 Å². The number of rotatable bonds is 8. The monoisotopic (exact) mass is 492 g/mol. The van der Waals surface area contributed by atoms with Crippen LogP contribution in [0.15, 0.2) is 83.8 Å². The third-order valence-electron chi connectivity index (χ3n) is 5.41. The first-order valence-corrected chi connectivity index (χ1v) is 12.5. The minimum atomic E-state index is -3.86. The predicted octanol–water partition coefficient (Wildman–Crippen LogP) is 4.40. The van der Waals surface area contributed by atoms with Crippen LogP contribution in [0.25, 0.3) is 5.69 Å². The molecule has 2 N–H and O–H groups in total. The Balaban J connectivity index is 1.31. The fraction of sp³-hybridized carbons (Fsp3) is 0.154. The van der Waals surface area contributed by atoms with Gasteiger partial charge in [0, 0.05) is 23.5 Å². The summed E-state index contributed by atoms with van der Waals surface area (Å²) in [4.78, 5) is 12.5. The summed E-state index contributed by atoms with van der Waals surface area (Å²) < 4.78 is 42.3. The second-order valence-electron chi connectivity index (χ2n) is 8.15. The molecule has 0 radical (unpaired) electrons. The summed E-state index contributed by atoms with van der Waals surface area (Å²) >= 11 is 0. The number of aryl methyl sites for hydroxylation is 2. The van der Waals surface area contributed by atoms with Gasteiger partial charge in [0.2, 0.25) is 0 Å². The minimum Gasteiger partial charge on any atom is -0.352 e. The SMILES string of the molecule is Cc1cc(C)n(-c2ccc(CCNC(=O)c3ccc(S(=O)(=O)Nc4ccc(F)cc4)cc3)cc2)n1.